The van der Waals surface area contributed by atoms with E-state index in [0.717, 1.165) is 4.91 Å². The molecule has 0 aromatic carbocycles. The lowest BCUT2D eigenvalue weighted by Crippen LogP contribution is -2.06. The van der Waals surface area contributed by atoms with E-state index in [1.807, 2.05) is 18.7 Å². The molecule has 0 aliphatic carbocycles. The highest BCUT2D eigenvalue weighted by atomic mass is 32.2. The lowest BCUT2D eigenvalue weighted by atomic mass is 10.3. The summed E-state index contributed by atoms with van der Waals surface area (Å²) in [7, 11) is 0. The topological polar surface area (TPSA) is 0 Å². The molecule has 0 heterocycles. The number of hydrogen-bond acceptors (Lipinski definition) is 2. The fourth-order valence-corrected chi connectivity index (χ4v) is 1.74. The van der Waals surface area contributed by atoms with Crippen LogP contribution in [-0.2, 0) is 0 Å². The van der Waals surface area contributed by atoms with Crippen LogP contribution in [0, 0.1) is 0 Å². The van der Waals surface area contributed by atoms with Gasteiger partial charge >= 0.3 is 0 Å². The van der Waals surface area contributed by atoms with Gasteiger partial charge in [0, 0.05) is 4.75 Å². The second kappa shape index (κ2) is 3.72. The Hall–Kier alpha value is 0.440. The Kier molecular flexibility index (Phi) is 3.89. The molecule has 0 spiro atoms. The van der Waals surface area contributed by atoms with Gasteiger partial charge in [-0.3, -0.25) is 0 Å². The van der Waals surface area contributed by atoms with Gasteiger partial charge in [0.1, 0.15) is 0 Å². The molecule has 0 fully saturated rings. The molecular weight excluding hydrogens is 160 g/mol. The number of hydrogen-bond donors (Lipinski definition) is 1. The fraction of sp³-hybridized carbons (Fsp3) is 0.750. The summed E-state index contributed by atoms with van der Waals surface area (Å²) in [5.74, 6) is 0. The molecule has 0 rings (SSSR count). The van der Waals surface area contributed by atoms with Crippen LogP contribution in [0.15, 0.2) is 9.81 Å². The Balaban J connectivity index is 4.06. The molecule has 2 heteroatoms. The smallest absolute Gasteiger partial charge is 0.0119 e. The Bertz CT molecular complexity index is 136. The molecule has 0 N–H and O–H groups in total. The zero-order valence-corrected chi connectivity index (χ0v) is 9.07. The van der Waals surface area contributed by atoms with Crippen LogP contribution >= 0.6 is 24.4 Å². The Morgan fingerprint density at radius 1 is 1.20 bits per heavy atom. The van der Waals surface area contributed by atoms with Gasteiger partial charge in [-0.1, -0.05) is 20.8 Å². The maximum atomic E-state index is 4.26. The van der Waals surface area contributed by atoms with Gasteiger partial charge < -0.3 is 0 Å². The largest absolute Gasteiger partial charge is 0.147 e. The molecule has 0 saturated heterocycles. The van der Waals surface area contributed by atoms with Gasteiger partial charge in [0.15, 0.2) is 0 Å². The van der Waals surface area contributed by atoms with Crippen molar-refractivity contribution in [2.24, 2.45) is 0 Å². The van der Waals surface area contributed by atoms with Crippen molar-refractivity contribution in [2.45, 2.75) is 39.4 Å². The SMILES string of the molecule is C/C(S)=C(\C)SC(C)(C)C. The van der Waals surface area contributed by atoms with Crippen molar-refractivity contribution in [1.29, 1.82) is 0 Å². The predicted octanol–water partition coefficient (Wildman–Crippen LogP) is 3.70. The maximum absolute atomic E-state index is 4.26. The van der Waals surface area contributed by atoms with Gasteiger partial charge in [0.05, 0.1) is 0 Å². The summed E-state index contributed by atoms with van der Waals surface area (Å²) in [6, 6.07) is 0. The first-order valence-corrected chi connectivity index (χ1v) is 4.65. The molecular formula is C8H16S2. The molecule has 0 aliphatic rings. The van der Waals surface area contributed by atoms with Crippen LogP contribution in [0.4, 0.5) is 0 Å². The summed E-state index contributed by atoms with van der Waals surface area (Å²) in [4.78, 5) is 2.44. The van der Waals surface area contributed by atoms with Gasteiger partial charge in [0.25, 0.3) is 0 Å². The summed E-state index contributed by atoms with van der Waals surface area (Å²) in [5.41, 5.74) is 0. The van der Waals surface area contributed by atoms with Gasteiger partial charge in [-0.15, -0.1) is 24.4 Å². The van der Waals surface area contributed by atoms with E-state index in [2.05, 4.69) is 40.3 Å². The molecule has 0 atom stereocenters. The Morgan fingerprint density at radius 3 is 1.70 bits per heavy atom. The maximum Gasteiger partial charge on any atom is 0.0119 e. The molecule has 0 amide bonds. The third kappa shape index (κ3) is 5.24. The lowest BCUT2D eigenvalue weighted by Gasteiger charge is -2.18. The van der Waals surface area contributed by atoms with Crippen molar-refractivity contribution in [3.05, 3.63) is 9.81 Å². The number of thiol groups is 1. The van der Waals surface area contributed by atoms with Crippen LogP contribution in [-0.4, -0.2) is 4.75 Å². The molecule has 0 radical (unpaired) electrons. The van der Waals surface area contributed by atoms with E-state index in [-0.39, 0.29) is 0 Å². The van der Waals surface area contributed by atoms with Crippen LogP contribution < -0.4 is 0 Å². The highest BCUT2D eigenvalue weighted by molar-refractivity contribution is 8.04. The standard InChI is InChI=1S/C8H16S2/c1-6(9)7(2)10-8(3,4)5/h9H,1-5H3/b7-6-. The summed E-state index contributed by atoms with van der Waals surface area (Å²) < 4.78 is 0.314. The minimum absolute atomic E-state index is 0.314. The van der Waals surface area contributed by atoms with E-state index >= 15 is 0 Å². The lowest BCUT2D eigenvalue weighted by molar-refractivity contribution is 0.806. The molecule has 0 nitrogen and oxygen atoms in total. The van der Waals surface area contributed by atoms with Gasteiger partial charge in [-0.25, -0.2) is 0 Å². The van der Waals surface area contributed by atoms with Crippen LogP contribution in [0.1, 0.15) is 34.6 Å². The van der Waals surface area contributed by atoms with E-state index in [9.17, 15) is 0 Å². The summed E-state index contributed by atoms with van der Waals surface area (Å²) in [6.45, 7) is 10.8. The normalized spacial score (nSPS) is 15.0. The Labute approximate surface area is 73.9 Å². The molecule has 0 bridgehead atoms. The third-order valence-corrected chi connectivity index (χ3v) is 2.68. The fourth-order valence-electron chi connectivity index (χ4n) is 0.533. The van der Waals surface area contributed by atoms with Crippen LogP contribution in [0.5, 0.6) is 0 Å². The van der Waals surface area contributed by atoms with Gasteiger partial charge in [-0.2, -0.15) is 0 Å². The van der Waals surface area contributed by atoms with Crippen LogP contribution in [0.3, 0.4) is 0 Å². The Morgan fingerprint density at radius 2 is 1.60 bits per heavy atom. The van der Waals surface area contributed by atoms with E-state index in [1.54, 1.807) is 0 Å². The van der Waals surface area contributed by atoms with Crippen molar-refractivity contribution in [3.63, 3.8) is 0 Å². The molecule has 10 heavy (non-hydrogen) atoms. The minimum atomic E-state index is 0.314. The zero-order valence-electron chi connectivity index (χ0n) is 7.36. The molecule has 60 valence electrons. The molecule has 0 aliphatic heterocycles. The predicted molar refractivity (Wildman–Crippen MR) is 54.7 cm³/mol. The van der Waals surface area contributed by atoms with E-state index in [0.29, 0.717) is 4.75 Å². The number of thioether (sulfide) groups is 1. The highest BCUT2D eigenvalue weighted by Crippen LogP contribution is 2.32. The summed E-state index contributed by atoms with van der Waals surface area (Å²) >= 11 is 6.13. The molecule has 0 aromatic rings. The van der Waals surface area contributed by atoms with Crippen LogP contribution in [0.25, 0.3) is 0 Å². The van der Waals surface area contributed by atoms with Crippen molar-refractivity contribution in [3.8, 4) is 0 Å². The summed E-state index contributed by atoms with van der Waals surface area (Å²) in [6.07, 6.45) is 0. The van der Waals surface area contributed by atoms with Crippen molar-refractivity contribution >= 4 is 24.4 Å². The van der Waals surface area contributed by atoms with Crippen molar-refractivity contribution in [2.75, 3.05) is 0 Å². The molecule has 0 unspecified atom stereocenters. The molecule has 0 aromatic heterocycles. The van der Waals surface area contributed by atoms with Gasteiger partial charge in [0.2, 0.25) is 0 Å². The monoisotopic (exact) mass is 176 g/mol. The number of rotatable bonds is 1. The van der Waals surface area contributed by atoms with Crippen molar-refractivity contribution in [1.82, 2.24) is 0 Å². The second-order valence-corrected chi connectivity index (χ2v) is 6.07. The highest BCUT2D eigenvalue weighted by Gasteiger charge is 2.11. The van der Waals surface area contributed by atoms with E-state index < -0.39 is 0 Å². The minimum Gasteiger partial charge on any atom is -0.147 e. The van der Waals surface area contributed by atoms with E-state index in [4.69, 9.17) is 0 Å². The van der Waals surface area contributed by atoms with Crippen molar-refractivity contribution < 1.29 is 0 Å². The second-order valence-electron chi connectivity index (χ2n) is 3.36. The number of allylic oxidation sites excluding steroid dienone is 2. The first kappa shape index (κ1) is 10.4. The third-order valence-electron chi connectivity index (χ3n) is 0.969. The van der Waals surface area contributed by atoms with Crippen LogP contribution in [0.2, 0.25) is 0 Å². The quantitative estimate of drug-likeness (QED) is 0.594. The summed E-state index contributed by atoms with van der Waals surface area (Å²) in [5, 5.41) is 0. The average molecular weight is 176 g/mol. The first-order valence-electron chi connectivity index (χ1n) is 3.38. The first-order chi connectivity index (χ1) is 4.33. The average Bonchev–Trinajstić information content (AvgIpc) is 1.60. The van der Waals surface area contributed by atoms with E-state index in [1.165, 1.54) is 4.91 Å². The molecule has 0 saturated carbocycles. The van der Waals surface area contributed by atoms with Gasteiger partial charge in [-0.05, 0) is 23.7 Å². The zero-order chi connectivity index (χ0) is 8.36.